The van der Waals surface area contributed by atoms with Crippen LogP contribution in [0.4, 0.5) is 0 Å². The minimum Gasteiger partial charge on any atom is -0.351 e. The Balaban J connectivity index is 1.89. The maximum Gasteiger partial charge on any atom is 0.230 e. The number of nitrogens with zero attached hydrogens (tertiary/aromatic N) is 4. The number of tetrazole rings is 1. The number of rotatable bonds is 6. The van der Waals surface area contributed by atoms with E-state index in [2.05, 4.69) is 27.8 Å². The fourth-order valence-electron chi connectivity index (χ4n) is 2.47. The van der Waals surface area contributed by atoms with E-state index in [-0.39, 0.29) is 11.4 Å². The van der Waals surface area contributed by atoms with E-state index >= 15 is 0 Å². The Hall–Kier alpha value is -1.11. The summed E-state index contributed by atoms with van der Waals surface area (Å²) in [5, 5.41) is 15.7. The highest BCUT2D eigenvalue weighted by Crippen LogP contribution is 2.30. The molecule has 118 valence electrons. The lowest BCUT2D eigenvalue weighted by molar-refractivity contribution is -0.120. The highest BCUT2D eigenvalue weighted by Gasteiger charge is 2.22. The molecule has 1 N–H and O–H groups in total. The van der Waals surface area contributed by atoms with E-state index in [9.17, 15) is 4.79 Å². The molecule has 0 bridgehead atoms. The summed E-state index contributed by atoms with van der Waals surface area (Å²) in [5.74, 6) is 0.390. The van der Waals surface area contributed by atoms with Crippen LogP contribution in [0.15, 0.2) is 5.16 Å². The van der Waals surface area contributed by atoms with Gasteiger partial charge in [0.25, 0.3) is 0 Å². The lowest BCUT2D eigenvalue weighted by Gasteiger charge is -2.24. The summed E-state index contributed by atoms with van der Waals surface area (Å²) in [6, 6.07) is 0.395. The van der Waals surface area contributed by atoms with E-state index in [1.807, 2.05) is 18.5 Å². The third kappa shape index (κ3) is 4.69. The number of hydrogen-bond acceptors (Lipinski definition) is 5. The summed E-state index contributed by atoms with van der Waals surface area (Å²) in [6.45, 7) is 6.13. The predicted molar refractivity (Wildman–Crippen MR) is 83.2 cm³/mol. The highest BCUT2D eigenvalue weighted by atomic mass is 32.2. The SMILES string of the molecule is CCC(C)(C)NC(=O)CSc1nnnn1C1CCCCC1. The molecule has 0 spiro atoms. The topological polar surface area (TPSA) is 72.7 Å². The van der Waals surface area contributed by atoms with Gasteiger partial charge in [0, 0.05) is 5.54 Å². The highest BCUT2D eigenvalue weighted by molar-refractivity contribution is 7.99. The van der Waals surface area contributed by atoms with Crippen molar-refractivity contribution in [3.05, 3.63) is 0 Å². The summed E-state index contributed by atoms with van der Waals surface area (Å²) in [6.07, 6.45) is 6.94. The van der Waals surface area contributed by atoms with Gasteiger partial charge in [-0.25, -0.2) is 4.68 Å². The molecule has 1 saturated carbocycles. The molecule has 1 fully saturated rings. The molecule has 1 heterocycles. The average molecular weight is 311 g/mol. The number of nitrogens with one attached hydrogen (secondary N) is 1. The largest absolute Gasteiger partial charge is 0.351 e. The van der Waals surface area contributed by atoms with Gasteiger partial charge in [-0.15, -0.1) is 5.10 Å². The van der Waals surface area contributed by atoms with Crippen LogP contribution in [0.2, 0.25) is 0 Å². The van der Waals surface area contributed by atoms with Crippen LogP contribution in [0.25, 0.3) is 0 Å². The summed E-state index contributed by atoms with van der Waals surface area (Å²) in [5.41, 5.74) is -0.160. The predicted octanol–water partition coefficient (Wildman–Crippen LogP) is 2.58. The van der Waals surface area contributed by atoms with Gasteiger partial charge in [-0.05, 0) is 43.5 Å². The zero-order chi connectivity index (χ0) is 15.3. The van der Waals surface area contributed by atoms with Crippen molar-refractivity contribution in [3.63, 3.8) is 0 Å². The average Bonchev–Trinajstić information content (AvgIpc) is 2.94. The van der Waals surface area contributed by atoms with E-state index in [0.717, 1.165) is 24.4 Å². The van der Waals surface area contributed by atoms with Crippen molar-refractivity contribution in [3.8, 4) is 0 Å². The monoisotopic (exact) mass is 311 g/mol. The first kappa shape index (κ1) is 16.3. The normalized spacial score (nSPS) is 16.9. The van der Waals surface area contributed by atoms with E-state index in [1.54, 1.807) is 0 Å². The van der Waals surface area contributed by atoms with Crippen molar-refractivity contribution in [2.75, 3.05) is 5.75 Å². The van der Waals surface area contributed by atoms with Gasteiger partial charge in [0.2, 0.25) is 11.1 Å². The number of thioether (sulfide) groups is 1. The maximum absolute atomic E-state index is 12.0. The second-order valence-corrected chi connectivity index (χ2v) is 7.21. The fourth-order valence-corrected chi connectivity index (χ4v) is 3.21. The van der Waals surface area contributed by atoms with Gasteiger partial charge < -0.3 is 5.32 Å². The lowest BCUT2D eigenvalue weighted by atomic mass is 9.96. The summed E-state index contributed by atoms with van der Waals surface area (Å²) in [4.78, 5) is 12.0. The molecule has 1 aromatic heterocycles. The van der Waals surface area contributed by atoms with Crippen LogP contribution < -0.4 is 5.32 Å². The van der Waals surface area contributed by atoms with Crippen molar-refractivity contribution < 1.29 is 4.79 Å². The number of hydrogen-bond donors (Lipinski definition) is 1. The summed E-state index contributed by atoms with van der Waals surface area (Å²) >= 11 is 1.42. The molecule has 0 aromatic carbocycles. The smallest absolute Gasteiger partial charge is 0.230 e. The van der Waals surface area contributed by atoms with Gasteiger partial charge in [0.15, 0.2) is 0 Å². The van der Waals surface area contributed by atoms with Crippen LogP contribution >= 0.6 is 11.8 Å². The van der Waals surface area contributed by atoms with Crippen LogP contribution in [-0.2, 0) is 4.79 Å². The van der Waals surface area contributed by atoms with Gasteiger partial charge in [-0.1, -0.05) is 37.9 Å². The Morgan fingerprint density at radius 2 is 2.10 bits per heavy atom. The second kappa shape index (κ2) is 7.24. The van der Waals surface area contributed by atoms with Crippen LogP contribution in [0.1, 0.15) is 65.3 Å². The third-order valence-electron chi connectivity index (χ3n) is 4.08. The van der Waals surface area contributed by atoms with Crippen LogP contribution in [-0.4, -0.2) is 37.4 Å². The molecule has 0 saturated heterocycles. The third-order valence-corrected chi connectivity index (χ3v) is 5.01. The van der Waals surface area contributed by atoms with Crippen molar-refractivity contribution in [1.82, 2.24) is 25.5 Å². The Morgan fingerprint density at radius 3 is 2.76 bits per heavy atom. The summed E-state index contributed by atoms with van der Waals surface area (Å²) in [7, 11) is 0. The molecule has 7 heteroatoms. The maximum atomic E-state index is 12.0. The van der Waals surface area contributed by atoms with Crippen molar-refractivity contribution in [2.24, 2.45) is 0 Å². The Bertz CT molecular complexity index is 468. The molecule has 1 amide bonds. The molecule has 0 radical (unpaired) electrons. The first-order valence-corrected chi connectivity index (χ1v) is 8.72. The van der Waals surface area contributed by atoms with Gasteiger partial charge in [0.1, 0.15) is 0 Å². The molecule has 1 aliphatic rings. The minimum absolute atomic E-state index is 0.0324. The fraction of sp³-hybridized carbons (Fsp3) is 0.857. The zero-order valence-corrected chi connectivity index (χ0v) is 13.9. The lowest BCUT2D eigenvalue weighted by Crippen LogP contribution is -2.43. The molecule has 1 aliphatic carbocycles. The Morgan fingerprint density at radius 1 is 1.38 bits per heavy atom. The Labute approximate surface area is 130 Å². The van der Waals surface area contributed by atoms with Gasteiger partial charge in [-0.3, -0.25) is 4.79 Å². The molecule has 0 unspecified atom stereocenters. The van der Waals surface area contributed by atoms with Crippen LogP contribution in [0.5, 0.6) is 0 Å². The molecular weight excluding hydrogens is 286 g/mol. The molecule has 6 nitrogen and oxygen atoms in total. The van der Waals surface area contributed by atoms with Gasteiger partial charge in [0.05, 0.1) is 11.8 Å². The molecule has 21 heavy (non-hydrogen) atoms. The number of amides is 1. The van der Waals surface area contributed by atoms with Crippen LogP contribution in [0.3, 0.4) is 0 Å². The molecule has 2 rings (SSSR count). The zero-order valence-electron chi connectivity index (χ0n) is 13.1. The molecular formula is C14H25N5OS. The van der Waals surface area contributed by atoms with Crippen molar-refractivity contribution >= 4 is 17.7 Å². The number of aromatic nitrogens is 4. The summed E-state index contributed by atoms with van der Waals surface area (Å²) < 4.78 is 1.90. The number of carbonyl (C=O) groups is 1. The Kier molecular flexibility index (Phi) is 5.61. The standard InChI is InChI=1S/C14H25N5OS/c1-4-14(2,3)15-12(20)10-21-13-16-17-18-19(13)11-8-6-5-7-9-11/h11H,4-10H2,1-3H3,(H,15,20). The second-order valence-electron chi connectivity index (χ2n) is 6.27. The van der Waals surface area contributed by atoms with Crippen molar-refractivity contribution in [2.45, 2.75) is 76.0 Å². The van der Waals surface area contributed by atoms with E-state index in [1.165, 1.54) is 31.0 Å². The first-order valence-electron chi connectivity index (χ1n) is 7.73. The van der Waals surface area contributed by atoms with Gasteiger partial charge >= 0.3 is 0 Å². The minimum atomic E-state index is -0.160. The van der Waals surface area contributed by atoms with Gasteiger partial charge in [-0.2, -0.15) is 0 Å². The van der Waals surface area contributed by atoms with E-state index in [4.69, 9.17) is 0 Å². The van der Waals surface area contributed by atoms with Crippen LogP contribution in [0, 0.1) is 0 Å². The van der Waals surface area contributed by atoms with E-state index in [0.29, 0.717) is 11.8 Å². The molecule has 0 atom stereocenters. The molecule has 0 aliphatic heterocycles. The van der Waals surface area contributed by atoms with E-state index < -0.39 is 0 Å². The quantitative estimate of drug-likeness (QED) is 0.817. The molecule has 1 aromatic rings. The number of carbonyl (C=O) groups excluding carboxylic acids is 1. The van der Waals surface area contributed by atoms with Crippen molar-refractivity contribution in [1.29, 1.82) is 0 Å². The first-order chi connectivity index (χ1) is 10.0.